The van der Waals surface area contributed by atoms with Crippen LogP contribution in [0.4, 0.5) is 0 Å². The van der Waals surface area contributed by atoms with Gasteiger partial charge in [0.1, 0.15) is 5.01 Å². The van der Waals surface area contributed by atoms with Crippen LogP contribution in [0, 0.1) is 10.9 Å². The van der Waals surface area contributed by atoms with Crippen molar-refractivity contribution >= 4 is 36.2 Å². The highest BCUT2D eigenvalue weighted by atomic mass is 32.1. The third-order valence-electron chi connectivity index (χ3n) is 2.42. The van der Waals surface area contributed by atoms with E-state index in [9.17, 15) is 0 Å². The van der Waals surface area contributed by atoms with Crippen LogP contribution >= 0.6 is 36.2 Å². The first-order chi connectivity index (χ1) is 7.70. The van der Waals surface area contributed by atoms with E-state index in [4.69, 9.17) is 12.2 Å². The number of nitrogens with one attached hydrogen (secondary N) is 1. The van der Waals surface area contributed by atoms with Gasteiger partial charge in [0.15, 0.2) is 3.95 Å². The number of benzene rings is 1. The maximum atomic E-state index is 5.05. The van der Waals surface area contributed by atoms with Crippen molar-refractivity contribution in [3.63, 3.8) is 0 Å². The normalized spacial score (nSPS) is 12.6. The number of hydrogen-bond acceptors (Lipinski definition) is 4. The molecule has 1 unspecified atom stereocenters. The molecule has 0 fully saturated rings. The Balaban J connectivity index is 2.36. The van der Waals surface area contributed by atoms with Crippen LogP contribution < -0.4 is 0 Å². The highest BCUT2D eigenvalue weighted by molar-refractivity contribution is 7.80. The summed E-state index contributed by atoms with van der Waals surface area (Å²) in [5, 5.41) is 8.04. The molecule has 1 aromatic carbocycles. The number of nitrogens with zero attached hydrogens (tertiary/aromatic N) is 1. The van der Waals surface area contributed by atoms with Crippen molar-refractivity contribution in [2.24, 2.45) is 0 Å². The van der Waals surface area contributed by atoms with E-state index in [2.05, 4.69) is 54.0 Å². The Bertz CT molecular complexity index is 513. The van der Waals surface area contributed by atoms with Gasteiger partial charge in [-0.2, -0.15) is 17.7 Å². The van der Waals surface area contributed by atoms with E-state index in [1.165, 1.54) is 22.5 Å². The molecule has 0 bridgehead atoms. The molecule has 0 saturated heterocycles. The SMILES string of the molecule is Cc1ccc(C(CS)c2n[nH]c(=S)s2)cc1. The number of rotatable bonds is 3. The first-order valence-electron chi connectivity index (χ1n) is 4.93. The summed E-state index contributed by atoms with van der Waals surface area (Å²) in [5.74, 6) is 0.959. The molecule has 0 radical (unpaired) electrons. The molecule has 2 rings (SSSR count). The van der Waals surface area contributed by atoms with Crippen molar-refractivity contribution in [1.82, 2.24) is 10.2 Å². The highest BCUT2D eigenvalue weighted by Crippen LogP contribution is 2.27. The second-order valence-corrected chi connectivity index (χ2v) is 5.66. The molecule has 0 saturated carbocycles. The Morgan fingerprint density at radius 1 is 1.44 bits per heavy atom. The zero-order valence-electron chi connectivity index (χ0n) is 8.80. The quantitative estimate of drug-likeness (QED) is 0.658. The Morgan fingerprint density at radius 3 is 2.62 bits per heavy atom. The molecular formula is C11H12N2S3. The summed E-state index contributed by atoms with van der Waals surface area (Å²) >= 11 is 11.0. The summed E-state index contributed by atoms with van der Waals surface area (Å²) in [4.78, 5) is 0. The molecule has 0 aliphatic heterocycles. The van der Waals surface area contributed by atoms with Crippen LogP contribution in [0.15, 0.2) is 24.3 Å². The van der Waals surface area contributed by atoms with E-state index in [0.717, 1.165) is 10.8 Å². The highest BCUT2D eigenvalue weighted by Gasteiger charge is 2.15. The molecule has 84 valence electrons. The smallest absolute Gasteiger partial charge is 0.176 e. The number of H-pyrrole nitrogens is 1. The number of aryl methyl sites for hydroxylation is 1. The van der Waals surface area contributed by atoms with Crippen molar-refractivity contribution in [2.75, 3.05) is 5.75 Å². The monoisotopic (exact) mass is 268 g/mol. The molecule has 2 nitrogen and oxygen atoms in total. The standard InChI is InChI=1S/C11H12N2S3/c1-7-2-4-8(5-3-7)9(6-14)10-12-13-11(15)16-10/h2-5,9,14H,6H2,1H3,(H,13,15). The molecule has 1 aromatic heterocycles. The predicted octanol–water partition coefficient (Wildman–Crippen LogP) is 3.57. The van der Waals surface area contributed by atoms with E-state index < -0.39 is 0 Å². The van der Waals surface area contributed by atoms with E-state index in [1.54, 1.807) is 0 Å². The fraction of sp³-hybridized carbons (Fsp3) is 0.273. The zero-order chi connectivity index (χ0) is 11.5. The van der Waals surface area contributed by atoms with Gasteiger partial charge >= 0.3 is 0 Å². The fourth-order valence-corrected chi connectivity index (χ4v) is 3.06. The van der Waals surface area contributed by atoms with Gasteiger partial charge in [-0.1, -0.05) is 41.2 Å². The minimum Gasteiger partial charge on any atom is -0.258 e. The minimum absolute atomic E-state index is 0.224. The molecule has 16 heavy (non-hydrogen) atoms. The maximum absolute atomic E-state index is 5.05. The number of aromatic amines is 1. The Kier molecular flexibility index (Phi) is 3.78. The average molecular weight is 268 g/mol. The summed E-state index contributed by atoms with van der Waals surface area (Å²) in [6.07, 6.45) is 0. The maximum Gasteiger partial charge on any atom is 0.176 e. The first-order valence-corrected chi connectivity index (χ1v) is 6.79. The lowest BCUT2D eigenvalue weighted by Gasteiger charge is -2.11. The third kappa shape index (κ3) is 2.53. The van der Waals surface area contributed by atoms with Crippen molar-refractivity contribution in [2.45, 2.75) is 12.8 Å². The Hall–Kier alpha value is -0.650. The van der Waals surface area contributed by atoms with Gasteiger partial charge in [0.25, 0.3) is 0 Å². The molecule has 1 heterocycles. The van der Waals surface area contributed by atoms with Crippen molar-refractivity contribution < 1.29 is 0 Å². The number of thiol groups is 1. The molecule has 0 aliphatic carbocycles. The van der Waals surface area contributed by atoms with E-state index in [-0.39, 0.29) is 5.92 Å². The molecular weight excluding hydrogens is 256 g/mol. The van der Waals surface area contributed by atoms with E-state index in [1.807, 2.05) is 0 Å². The van der Waals surface area contributed by atoms with Gasteiger partial charge in [-0.15, -0.1) is 0 Å². The van der Waals surface area contributed by atoms with E-state index in [0.29, 0.717) is 3.95 Å². The molecule has 2 aromatic rings. The summed E-state index contributed by atoms with van der Waals surface area (Å²) in [6, 6.07) is 8.47. The molecule has 0 aliphatic rings. The van der Waals surface area contributed by atoms with Gasteiger partial charge in [-0.25, -0.2) is 0 Å². The van der Waals surface area contributed by atoms with Gasteiger partial charge < -0.3 is 0 Å². The van der Waals surface area contributed by atoms with E-state index >= 15 is 0 Å². The molecule has 1 N–H and O–H groups in total. The van der Waals surface area contributed by atoms with Crippen LogP contribution in [0.2, 0.25) is 0 Å². The van der Waals surface area contributed by atoms with Gasteiger partial charge in [0.2, 0.25) is 0 Å². The van der Waals surface area contributed by atoms with Crippen LogP contribution in [-0.4, -0.2) is 16.0 Å². The topological polar surface area (TPSA) is 28.7 Å². The zero-order valence-corrected chi connectivity index (χ0v) is 11.3. The summed E-state index contributed by atoms with van der Waals surface area (Å²) in [6.45, 7) is 2.08. The second kappa shape index (κ2) is 5.12. The third-order valence-corrected chi connectivity index (χ3v) is 3.98. The fourth-order valence-electron chi connectivity index (χ4n) is 1.52. The van der Waals surface area contributed by atoms with Crippen molar-refractivity contribution in [3.8, 4) is 0 Å². The lowest BCUT2D eigenvalue weighted by Crippen LogP contribution is -2.02. The van der Waals surface area contributed by atoms with Gasteiger partial charge in [-0.3, -0.25) is 5.10 Å². The van der Waals surface area contributed by atoms with Crippen LogP contribution in [0.3, 0.4) is 0 Å². The molecule has 1 atom stereocenters. The Labute approximate surface area is 109 Å². The van der Waals surface area contributed by atoms with Crippen molar-refractivity contribution in [1.29, 1.82) is 0 Å². The molecule has 0 amide bonds. The minimum atomic E-state index is 0.224. The Morgan fingerprint density at radius 2 is 2.12 bits per heavy atom. The first kappa shape index (κ1) is 11.8. The number of aromatic nitrogens is 2. The summed E-state index contributed by atoms with van der Waals surface area (Å²) in [5.41, 5.74) is 2.50. The predicted molar refractivity (Wildman–Crippen MR) is 74.2 cm³/mol. The molecule has 5 heteroatoms. The largest absolute Gasteiger partial charge is 0.258 e. The lowest BCUT2D eigenvalue weighted by atomic mass is 10.0. The summed E-state index contributed by atoms with van der Waals surface area (Å²) < 4.78 is 0.717. The second-order valence-electron chi connectivity index (χ2n) is 3.60. The van der Waals surface area contributed by atoms with Crippen molar-refractivity contribution in [3.05, 3.63) is 44.4 Å². The van der Waals surface area contributed by atoms with Crippen LogP contribution in [-0.2, 0) is 0 Å². The molecule has 0 spiro atoms. The summed E-state index contributed by atoms with van der Waals surface area (Å²) in [7, 11) is 0. The lowest BCUT2D eigenvalue weighted by molar-refractivity contribution is 0.878. The number of hydrogen-bond donors (Lipinski definition) is 2. The average Bonchev–Trinajstić information content (AvgIpc) is 2.69. The van der Waals surface area contributed by atoms with Crippen LogP contribution in [0.25, 0.3) is 0 Å². The van der Waals surface area contributed by atoms with Gasteiger partial charge in [-0.05, 0) is 24.7 Å². The van der Waals surface area contributed by atoms with Gasteiger partial charge in [0, 0.05) is 11.7 Å². The van der Waals surface area contributed by atoms with Crippen LogP contribution in [0.5, 0.6) is 0 Å². The van der Waals surface area contributed by atoms with Gasteiger partial charge in [0.05, 0.1) is 0 Å². The van der Waals surface area contributed by atoms with Crippen LogP contribution in [0.1, 0.15) is 22.1 Å².